The van der Waals surface area contributed by atoms with Crippen LogP contribution in [0.25, 0.3) is 0 Å². The van der Waals surface area contributed by atoms with Crippen LogP contribution in [0.2, 0.25) is 0 Å². The molecule has 0 saturated heterocycles. The summed E-state index contributed by atoms with van der Waals surface area (Å²) in [5.74, 6) is 2.22. The number of nitrogens with zero attached hydrogens (tertiary/aromatic N) is 3. The highest BCUT2D eigenvalue weighted by Crippen LogP contribution is 2.40. The summed E-state index contributed by atoms with van der Waals surface area (Å²) in [7, 11) is 1.82. The lowest BCUT2D eigenvalue weighted by molar-refractivity contribution is 0.372. The Bertz CT molecular complexity index is 756. The van der Waals surface area contributed by atoms with E-state index in [0.29, 0.717) is 11.7 Å². The Hall–Kier alpha value is -1.16. The molecule has 2 aromatic rings. The first kappa shape index (κ1) is 23.1. The van der Waals surface area contributed by atoms with Crippen LogP contribution in [0, 0.1) is 6.92 Å². The fourth-order valence-corrected chi connectivity index (χ4v) is 4.05. The lowest BCUT2D eigenvalue weighted by Gasteiger charge is -2.31. The minimum Gasteiger partial charge on any atom is -0.356 e. The maximum Gasteiger partial charge on any atom is 0.226 e. The maximum atomic E-state index is 5.15. The highest BCUT2D eigenvalue weighted by Gasteiger charge is 2.35. The summed E-state index contributed by atoms with van der Waals surface area (Å²) in [5.41, 5.74) is 1.61. The zero-order chi connectivity index (χ0) is 19.1. The lowest BCUT2D eigenvalue weighted by Crippen LogP contribution is -2.45. The fraction of sp³-hybridized carbons (Fsp3) is 0.550. The third-order valence-corrected chi connectivity index (χ3v) is 5.79. The van der Waals surface area contributed by atoms with E-state index in [-0.39, 0.29) is 29.4 Å². The molecule has 1 aromatic carbocycles. The van der Waals surface area contributed by atoms with E-state index >= 15 is 0 Å². The van der Waals surface area contributed by atoms with Crippen molar-refractivity contribution in [3.63, 3.8) is 0 Å². The van der Waals surface area contributed by atoms with Crippen LogP contribution < -0.4 is 10.6 Å². The molecule has 1 aliphatic rings. The smallest absolute Gasteiger partial charge is 0.226 e. The first-order valence-electron chi connectivity index (χ1n) is 9.61. The van der Waals surface area contributed by atoms with Crippen molar-refractivity contribution in [1.82, 2.24) is 20.8 Å². The Morgan fingerprint density at radius 1 is 1.21 bits per heavy atom. The van der Waals surface area contributed by atoms with E-state index in [0.717, 1.165) is 36.4 Å². The van der Waals surface area contributed by atoms with E-state index in [1.54, 1.807) is 0 Å². The van der Waals surface area contributed by atoms with E-state index in [9.17, 15) is 0 Å². The van der Waals surface area contributed by atoms with Gasteiger partial charge >= 0.3 is 0 Å². The summed E-state index contributed by atoms with van der Waals surface area (Å²) in [6.45, 7) is 3.55. The van der Waals surface area contributed by atoms with Gasteiger partial charge in [-0.15, -0.1) is 24.0 Å². The van der Waals surface area contributed by atoms with Crippen LogP contribution in [-0.4, -0.2) is 36.2 Å². The van der Waals surface area contributed by atoms with Crippen molar-refractivity contribution < 1.29 is 4.52 Å². The van der Waals surface area contributed by atoms with Crippen LogP contribution >= 0.6 is 39.9 Å². The Morgan fingerprint density at radius 2 is 1.93 bits per heavy atom. The third kappa shape index (κ3) is 6.17. The number of hydrogen-bond acceptors (Lipinski definition) is 4. The lowest BCUT2D eigenvalue weighted by atomic mass is 9.79. The normalized spacial score (nSPS) is 15.9. The number of hydrogen-bond donors (Lipinski definition) is 2. The van der Waals surface area contributed by atoms with E-state index < -0.39 is 0 Å². The molecule has 0 radical (unpaired) electrons. The summed E-state index contributed by atoms with van der Waals surface area (Å²) in [5, 5.41) is 10.8. The number of aromatic nitrogens is 2. The molecular formula is C20H29BrIN5O. The SMILES string of the molecule is CN=C(NCCCc1nc(C)no1)NCC1(c2ccc(Br)cc2)CCCC1.I. The van der Waals surface area contributed by atoms with E-state index in [4.69, 9.17) is 4.52 Å². The maximum absolute atomic E-state index is 5.15. The average molecular weight is 562 g/mol. The van der Waals surface area contributed by atoms with Crippen LogP contribution in [0.5, 0.6) is 0 Å². The van der Waals surface area contributed by atoms with Crippen LogP contribution in [0.3, 0.4) is 0 Å². The van der Waals surface area contributed by atoms with Gasteiger partial charge < -0.3 is 15.2 Å². The van der Waals surface area contributed by atoms with Crippen molar-refractivity contribution >= 4 is 45.9 Å². The molecule has 0 unspecified atom stereocenters. The van der Waals surface area contributed by atoms with Gasteiger partial charge in [0, 0.05) is 36.4 Å². The fourth-order valence-electron chi connectivity index (χ4n) is 3.78. The molecule has 0 spiro atoms. The van der Waals surface area contributed by atoms with Gasteiger partial charge in [0.15, 0.2) is 11.8 Å². The topological polar surface area (TPSA) is 75.3 Å². The largest absolute Gasteiger partial charge is 0.356 e. The Kier molecular flexibility index (Phi) is 9.20. The average Bonchev–Trinajstić information content (AvgIpc) is 3.31. The number of rotatable bonds is 7. The van der Waals surface area contributed by atoms with Crippen molar-refractivity contribution in [2.45, 2.75) is 50.9 Å². The first-order chi connectivity index (χ1) is 13.1. The van der Waals surface area contributed by atoms with Crippen molar-refractivity contribution in [2.75, 3.05) is 20.1 Å². The van der Waals surface area contributed by atoms with Gasteiger partial charge in [0.25, 0.3) is 0 Å². The number of aliphatic imine (C=N–C) groups is 1. The Labute approximate surface area is 192 Å². The number of halogens is 2. The minimum atomic E-state index is 0. The van der Waals surface area contributed by atoms with Crippen molar-refractivity contribution in [3.8, 4) is 0 Å². The Balaban J connectivity index is 0.00000280. The second-order valence-corrected chi connectivity index (χ2v) is 8.10. The standard InChI is InChI=1S/C20H28BrN5O.HI/c1-15-25-18(27-26-15)6-5-13-23-19(22-2)24-14-20(11-3-4-12-20)16-7-9-17(21)10-8-16;/h7-10H,3-6,11-14H2,1-2H3,(H2,22,23,24);1H. The summed E-state index contributed by atoms with van der Waals surface area (Å²) in [6, 6.07) is 8.78. The highest BCUT2D eigenvalue weighted by atomic mass is 127. The van der Waals surface area contributed by atoms with Gasteiger partial charge in [0.05, 0.1) is 0 Å². The monoisotopic (exact) mass is 561 g/mol. The molecule has 28 heavy (non-hydrogen) atoms. The number of benzene rings is 1. The molecule has 0 atom stereocenters. The van der Waals surface area contributed by atoms with Gasteiger partial charge in [-0.05, 0) is 43.9 Å². The molecule has 154 valence electrons. The van der Waals surface area contributed by atoms with Gasteiger partial charge in [-0.25, -0.2) is 0 Å². The van der Waals surface area contributed by atoms with Crippen molar-refractivity contribution in [1.29, 1.82) is 0 Å². The highest BCUT2D eigenvalue weighted by molar-refractivity contribution is 14.0. The van der Waals surface area contributed by atoms with Crippen LogP contribution in [0.4, 0.5) is 0 Å². The molecular weight excluding hydrogens is 533 g/mol. The quantitative estimate of drug-likeness (QED) is 0.227. The zero-order valence-corrected chi connectivity index (χ0v) is 20.4. The van der Waals surface area contributed by atoms with Gasteiger partial charge in [-0.2, -0.15) is 4.98 Å². The number of guanidine groups is 1. The van der Waals surface area contributed by atoms with Gasteiger partial charge in [0.1, 0.15) is 0 Å². The van der Waals surface area contributed by atoms with Crippen LogP contribution in [0.1, 0.15) is 49.4 Å². The van der Waals surface area contributed by atoms with Crippen LogP contribution in [-0.2, 0) is 11.8 Å². The predicted molar refractivity (Wildman–Crippen MR) is 126 cm³/mol. The number of aryl methyl sites for hydroxylation is 2. The van der Waals surface area contributed by atoms with Gasteiger partial charge in [0.2, 0.25) is 5.89 Å². The molecule has 1 aliphatic carbocycles. The minimum absolute atomic E-state index is 0. The second kappa shape index (κ2) is 11.1. The van der Waals surface area contributed by atoms with Crippen molar-refractivity contribution in [3.05, 3.63) is 46.0 Å². The molecule has 1 saturated carbocycles. The summed E-state index contributed by atoms with van der Waals surface area (Å²) >= 11 is 3.54. The molecule has 1 aromatic heterocycles. The third-order valence-electron chi connectivity index (χ3n) is 5.26. The van der Waals surface area contributed by atoms with Crippen LogP contribution in [0.15, 0.2) is 38.3 Å². The molecule has 0 amide bonds. The molecule has 1 fully saturated rings. The summed E-state index contributed by atoms with van der Waals surface area (Å²) in [6.07, 6.45) is 6.69. The zero-order valence-electron chi connectivity index (χ0n) is 16.5. The first-order valence-corrected chi connectivity index (χ1v) is 10.4. The van der Waals surface area contributed by atoms with Crippen molar-refractivity contribution in [2.24, 2.45) is 4.99 Å². The summed E-state index contributed by atoms with van der Waals surface area (Å²) in [4.78, 5) is 8.60. The molecule has 3 rings (SSSR count). The van der Waals surface area contributed by atoms with E-state index in [1.165, 1.54) is 31.2 Å². The van der Waals surface area contributed by atoms with E-state index in [1.807, 2.05) is 14.0 Å². The molecule has 0 bridgehead atoms. The number of nitrogens with one attached hydrogen (secondary N) is 2. The molecule has 2 N–H and O–H groups in total. The van der Waals surface area contributed by atoms with E-state index in [2.05, 4.69) is 66.0 Å². The molecule has 1 heterocycles. The summed E-state index contributed by atoms with van der Waals surface area (Å²) < 4.78 is 6.27. The molecule has 8 heteroatoms. The second-order valence-electron chi connectivity index (χ2n) is 7.19. The van der Waals surface area contributed by atoms with Gasteiger partial charge in [-0.1, -0.05) is 46.1 Å². The molecule has 6 nitrogen and oxygen atoms in total. The molecule has 0 aliphatic heterocycles. The Morgan fingerprint density at radius 3 is 2.54 bits per heavy atom. The van der Waals surface area contributed by atoms with Gasteiger partial charge in [-0.3, -0.25) is 4.99 Å². The predicted octanol–water partition coefficient (Wildman–Crippen LogP) is 4.37.